The molecule has 1 fully saturated rings. The summed E-state index contributed by atoms with van der Waals surface area (Å²) in [5, 5.41) is 7.65. The number of aryl methyl sites for hydroxylation is 2. The van der Waals surface area contributed by atoms with Gasteiger partial charge in [0, 0.05) is 45.8 Å². The first-order chi connectivity index (χ1) is 13.2. The molecule has 150 valence electrons. The summed E-state index contributed by atoms with van der Waals surface area (Å²) < 4.78 is 1.72. The van der Waals surface area contributed by atoms with E-state index in [2.05, 4.69) is 39.7 Å². The summed E-state index contributed by atoms with van der Waals surface area (Å²) in [4.78, 5) is 20.9. The number of carbonyl (C=O) groups is 1. The van der Waals surface area contributed by atoms with Gasteiger partial charge in [-0.05, 0) is 24.0 Å². The molecule has 0 spiro atoms. The maximum atomic E-state index is 12.6. The van der Waals surface area contributed by atoms with E-state index in [1.165, 1.54) is 11.1 Å². The van der Waals surface area contributed by atoms with E-state index in [1.807, 2.05) is 18.1 Å². The topological polar surface area (TPSA) is 65.8 Å². The second kappa shape index (κ2) is 8.93. The van der Waals surface area contributed by atoms with E-state index in [-0.39, 0.29) is 29.9 Å². The molecule has 1 aliphatic carbocycles. The summed E-state index contributed by atoms with van der Waals surface area (Å²) in [5.41, 5.74) is 3.75. The SMILES string of the molecule is CN=C(NCC1CCc2ccccc21)N1CCN(c2cnn(C)c2)C(=O)C1.I. The number of guanidine groups is 1. The van der Waals surface area contributed by atoms with Gasteiger partial charge in [0.2, 0.25) is 5.91 Å². The van der Waals surface area contributed by atoms with Crippen LogP contribution < -0.4 is 10.2 Å². The molecule has 4 rings (SSSR count). The zero-order valence-electron chi connectivity index (χ0n) is 16.3. The molecule has 1 atom stereocenters. The van der Waals surface area contributed by atoms with Crippen LogP contribution in [-0.2, 0) is 18.3 Å². The molecule has 1 amide bonds. The van der Waals surface area contributed by atoms with Crippen LogP contribution in [0.3, 0.4) is 0 Å². The van der Waals surface area contributed by atoms with Gasteiger partial charge in [0.25, 0.3) is 0 Å². The molecule has 0 radical (unpaired) electrons. The maximum Gasteiger partial charge on any atom is 0.246 e. The number of hydrogen-bond donors (Lipinski definition) is 1. The van der Waals surface area contributed by atoms with Gasteiger partial charge < -0.3 is 15.1 Å². The molecule has 2 aromatic rings. The van der Waals surface area contributed by atoms with Crippen LogP contribution in [0.15, 0.2) is 41.7 Å². The van der Waals surface area contributed by atoms with E-state index in [0.717, 1.165) is 37.6 Å². The normalized spacial score (nSPS) is 19.4. The molecule has 2 heterocycles. The summed E-state index contributed by atoms with van der Waals surface area (Å²) in [7, 11) is 3.64. The largest absolute Gasteiger partial charge is 0.356 e. The third-order valence-electron chi connectivity index (χ3n) is 5.50. The monoisotopic (exact) mass is 494 g/mol. The van der Waals surface area contributed by atoms with Gasteiger partial charge in [0.15, 0.2) is 5.96 Å². The molecule has 28 heavy (non-hydrogen) atoms. The lowest BCUT2D eigenvalue weighted by atomic mass is 10.0. The molecule has 1 N–H and O–H groups in total. The number of aliphatic imine (C=N–C) groups is 1. The van der Waals surface area contributed by atoms with Crippen molar-refractivity contribution >= 4 is 41.5 Å². The average Bonchev–Trinajstić information content (AvgIpc) is 3.29. The predicted octanol–water partition coefficient (Wildman–Crippen LogP) is 1.99. The first kappa shape index (κ1) is 20.6. The number of fused-ring (bicyclic) bond motifs is 1. The maximum absolute atomic E-state index is 12.6. The number of hydrogen-bond acceptors (Lipinski definition) is 3. The first-order valence-corrected chi connectivity index (χ1v) is 9.48. The van der Waals surface area contributed by atoms with Crippen LogP contribution in [0.2, 0.25) is 0 Å². The number of amides is 1. The lowest BCUT2D eigenvalue weighted by molar-refractivity contribution is -0.120. The molecule has 1 aliphatic heterocycles. The molecule has 1 aromatic heterocycles. The Kier molecular flexibility index (Phi) is 6.58. The van der Waals surface area contributed by atoms with Crippen LogP contribution in [0, 0.1) is 0 Å². The fourth-order valence-electron chi connectivity index (χ4n) is 4.08. The van der Waals surface area contributed by atoms with Gasteiger partial charge in [0.1, 0.15) is 6.54 Å². The molecule has 0 saturated carbocycles. The van der Waals surface area contributed by atoms with Crippen molar-refractivity contribution < 1.29 is 4.79 Å². The number of piperazine rings is 1. The molecular formula is C20H27IN6O. The van der Waals surface area contributed by atoms with E-state index in [4.69, 9.17) is 0 Å². The van der Waals surface area contributed by atoms with Crippen LogP contribution in [0.5, 0.6) is 0 Å². The number of carbonyl (C=O) groups excluding carboxylic acids is 1. The Morgan fingerprint density at radius 3 is 2.86 bits per heavy atom. The molecular weight excluding hydrogens is 467 g/mol. The number of benzene rings is 1. The molecule has 1 aromatic carbocycles. The van der Waals surface area contributed by atoms with Gasteiger partial charge in [-0.2, -0.15) is 5.10 Å². The van der Waals surface area contributed by atoms with E-state index in [9.17, 15) is 4.79 Å². The smallest absolute Gasteiger partial charge is 0.246 e. The second-order valence-electron chi connectivity index (χ2n) is 7.20. The van der Waals surface area contributed by atoms with Crippen molar-refractivity contribution in [2.75, 3.05) is 38.1 Å². The predicted molar refractivity (Wildman–Crippen MR) is 121 cm³/mol. The summed E-state index contributed by atoms with van der Waals surface area (Å²) in [6.07, 6.45) is 5.91. The van der Waals surface area contributed by atoms with E-state index < -0.39 is 0 Å². The van der Waals surface area contributed by atoms with Gasteiger partial charge in [-0.15, -0.1) is 24.0 Å². The Morgan fingerprint density at radius 2 is 2.14 bits per heavy atom. The van der Waals surface area contributed by atoms with Gasteiger partial charge in [0.05, 0.1) is 11.9 Å². The first-order valence-electron chi connectivity index (χ1n) is 9.48. The average molecular weight is 494 g/mol. The van der Waals surface area contributed by atoms with E-state index in [1.54, 1.807) is 22.8 Å². The van der Waals surface area contributed by atoms with Gasteiger partial charge in [-0.25, -0.2) is 0 Å². The highest BCUT2D eigenvalue weighted by molar-refractivity contribution is 14.0. The Hall–Kier alpha value is -2.10. The minimum Gasteiger partial charge on any atom is -0.356 e. The third kappa shape index (κ3) is 4.16. The zero-order chi connectivity index (χ0) is 18.8. The summed E-state index contributed by atoms with van der Waals surface area (Å²) in [6, 6.07) is 8.68. The van der Waals surface area contributed by atoms with Crippen LogP contribution in [0.1, 0.15) is 23.5 Å². The van der Waals surface area contributed by atoms with Crippen molar-refractivity contribution in [3.8, 4) is 0 Å². The zero-order valence-corrected chi connectivity index (χ0v) is 18.7. The van der Waals surface area contributed by atoms with Gasteiger partial charge in [-0.3, -0.25) is 14.5 Å². The Morgan fingerprint density at radius 1 is 1.32 bits per heavy atom. The van der Waals surface area contributed by atoms with Crippen LogP contribution in [0.4, 0.5) is 5.69 Å². The Balaban J connectivity index is 0.00000225. The Labute approximate surface area is 182 Å². The minimum atomic E-state index is 0. The molecule has 1 unspecified atom stereocenters. The highest BCUT2D eigenvalue weighted by Gasteiger charge is 2.28. The van der Waals surface area contributed by atoms with Crippen molar-refractivity contribution in [1.29, 1.82) is 0 Å². The van der Waals surface area contributed by atoms with E-state index >= 15 is 0 Å². The number of nitrogens with one attached hydrogen (secondary N) is 1. The second-order valence-corrected chi connectivity index (χ2v) is 7.20. The quantitative estimate of drug-likeness (QED) is 0.403. The highest BCUT2D eigenvalue weighted by Crippen LogP contribution is 2.32. The van der Waals surface area contributed by atoms with Gasteiger partial charge >= 0.3 is 0 Å². The summed E-state index contributed by atoms with van der Waals surface area (Å²) in [6.45, 7) is 2.57. The van der Waals surface area contributed by atoms with Crippen molar-refractivity contribution in [2.45, 2.75) is 18.8 Å². The lowest BCUT2D eigenvalue weighted by Crippen LogP contribution is -2.55. The summed E-state index contributed by atoms with van der Waals surface area (Å²) >= 11 is 0. The third-order valence-corrected chi connectivity index (χ3v) is 5.50. The fourth-order valence-corrected chi connectivity index (χ4v) is 4.08. The molecule has 7 nitrogen and oxygen atoms in total. The van der Waals surface area contributed by atoms with Crippen molar-refractivity contribution in [2.24, 2.45) is 12.0 Å². The van der Waals surface area contributed by atoms with Crippen molar-refractivity contribution in [3.05, 3.63) is 47.8 Å². The highest BCUT2D eigenvalue weighted by atomic mass is 127. The molecule has 1 saturated heterocycles. The van der Waals surface area contributed by atoms with Crippen molar-refractivity contribution in [3.63, 3.8) is 0 Å². The standard InChI is InChI=1S/C20H26N6O.HI/c1-21-20(22-11-16-8-7-15-5-3-4-6-18(15)16)25-9-10-26(19(27)14-25)17-12-23-24(2)13-17;/h3-6,12-13,16H,7-11,14H2,1-2H3,(H,21,22);1H. The molecule has 8 heteroatoms. The van der Waals surface area contributed by atoms with Crippen LogP contribution in [-0.4, -0.2) is 59.8 Å². The summed E-state index contributed by atoms with van der Waals surface area (Å²) in [5.74, 6) is 1.38. The number of aromatic nitrogens is 2. The molecule has 2 aliphatic rings. The van der Waals surface area contributed by atoms with Crippen LogP contribution >= 0.6 is 24.0 Å². The fraction of sp³-hybridized carbons (Fsp3) is 0.450. The molecule has 0 bridgehead atoms. The van der Waals surface area contributed by atoms with Gasteiger partial charge in [-0.1, -0.05) is 24.3 Å². The van der Waals surface area contributed by atoms with E-state index in [0.29, 0.717) is 19.0 Å². The number of rotatable bonds is 3. The lowest BCUT2D eigenvalue weighted by Gasteiger charge is -2.35. The number of halogens is 1. The Bertz CT molecular complexity index is 864. The number of nitrogens with zero attached hydrogens (tertiary/aromatic N) is 5. The van der Waals surface area contributed by atoms with Crippen LogP contribution in [0.25, 0.3) is 0 Å². The minimum absolute atomic E-state index is 0. The van der Waals surface area contributed by atoms with Crippen molar-refractivity contribution in [1.82, 2.24) is 20.0 Å². The number of anilines is 1.